The molecule has 2 aromatic heterocycles. The molecule has 5 aromatic rings. The number of aromatic nitrogens is 2. The highest BCUT2D eigenvalue weighted by atomic mass is 16.4. The van der Waals surface area contributed by atoms with Gasteiger partial charge < -0.3 is 20.3 Å². The molecule has 6 nitrogen and oxygen atoms in total. The van der Waals surface area contributed by atoms with Gasteiger partial charge in [-0.1, -0.05) is 0 Å². The number of rotatable bonds is 2. The normalized spacial score (nSPS) is 11.4. The third-order valence-electron chi connectivity index (χ3n) is 4.20. The molecule has 3 aromatic carbocycles. The molecule has 4 N–H and O–H groups in total. The minimum atomic E-state index is 0.544. The van der Waals surface area contributed by atoms with Crippen molar-refractivity contribution in [3.63, 3.8) is 0 Å². The number of anilines is 2. The van der Waals surface area contributed by atoms with Crippen LogP contribution in [0.3, 0.4) is 0 Å². The second kappa shape index (κ2) is 5.35. The highest BCUT2D eigenvalue weighted by Crippen LogP contribution is 2.29. The van der Waals surface area contributed by atoms with Crippen molar-refractivity contribution in [1.29, 1.82) is 0 Å². The van der Waals surface area contributed by atoms with E-state index in [2.05, 4.69) is 9.97 Å². The van der Waals surface area contributed by atoms with Crippen molar-refractivity contribution in [2.45, 2.75) is 0 Å². The zero-order valence-electron chi connectivity index (χ0n) is 13.6. The number of hydrogen-bond donors (Lipinski definition) is 2. The molecular formula is C20H14N4O2. The van der Waals surface area contributed by atoms with Crippen LogP contribution in [0, 0.1) is 0 Å². The summed E-state index contributed by atoms with van der Waals surface area (Å²) in [6.45, 7) is 0. The number of hydrogen-bond acceptors (Lipinski definition) is 6. The second-order valence-corrected chi connectivity index (χ2v) is 6.07. The molecule has 126 valence electrons. The molecule has 0 fully saturated rings. The number of nitrogen functional groups attached to an aromatic ring is 2. The van der Waals surface area contributed by atoms with Crippen LogP contribution in [0.1, 0.15) is 0 Å². The third kappa shape index (κ3) is 2.36. The highest BCUT2D eigenvalue weighted by Gasteiger charge is 2.11. The first-order valence-corrected chi connectivity index (χ1v) is 8.09. The maximum atomic E-state index is 5.80. The van der Waals surface area contributed by atoms with E-state index in [0.29, 0.717) is 34.3 Å². The van der Waals surface area contributed by atoms with Crippen molar-refractivity contribution in [2.75, 3.05) is 11.5 Å². The summed E-state index contributed by atoms with van der Waals surface area (Å²) in [5.74, 6) is 1.09. The average molecular weight is 342 g/mol. The standard InChI is InChI=1S/C20H14N4O2/c21-13-6-8-17-16(9-13)24-20(25-17)12-3-1-11(2-4-12)19-23-15-7-5-14(22)10-18(15)26-19/h1-10H,21-22H2. The quantitative estimate of drug-likeness (QED) is 0.459. The van der Waals surface area contributed by atoms with Gasteiger partial charge in [-0.3, -0.25) is 0 Å². The molecule has 6 heteroatoms. The van der Waals surface area contributed by atoms with E-state index in [9.17, 15) is 0 Å². The van der Waals surface area contributed by atoms with Crippen molar-refractivity contribution in [1.82, 2.24) is 9.97 Å². The first-order chi connectivity index (χ1) is 12.7. The van der Waals surface area contributed by atoms with E-state index in [4.69, 9.17) is 20.3 Å². The predicted molar refractivity (Wildman–Crippen MR) is 101 cm³/mol. The van der Waals surface area contributed by atoms with Crippen molar-refractivity contribution in [2.24, 2.45) is 0 Å². The summed E-state index contributed by atoms with van der Waals surface area (Å²) in [7, 11) is 0. The molecule has 2 heterocycles. The molecule has 0 atom stereocenters. The van der Waals surface area contributed by atoms with Gasteiger partial charge in [-0.05, 0) is 54.6 Å². The molecule has 26 heavy (non-hydrogen) atoms. The van der Waals surface area contributed by atoms with Gasteiger partial charge in [0.25, 0.3) is 0 Å². The zero-order chi connectivity index (χ0) is 17.7. The Morgan fingerprint density at radius 1 is 0.577 bits per heavy atom. The van der Waals surface area contributed by atoms with E-state index < -0.39 is 0 Å². The van der Waals surface area contributed by atoms with Crippen molar-refractivity contribution >= 4 is 33.6 Å². The Labute approximate surface area is 148 Å². The van der Waals surface area contributed by atoms with E-state index in [1.165, 1.54) is 0 Å². The van der Waals surface area contributed by atoms with Crippen LogP contribution in [0.15, 0.2) is 69.5 Å². The summed E-state index contributed by atoms with van der Waals surface area (Å²) in [4.78, 5) is 8.99. The van der Waals surface area contributed by atoms with Crippen LogP contribution in [0.25, 0.3) is 45.1 Å². The largest absolute Gasteiger partial charge is 0.436 e. The summed E-state index contributed by atoms with van der Waals surface area (Å²) in [5.41, 5.74) is 17.5. The van der Waals surface area contributed by atoms with E-state index in [-0.39, 0.29) is 0 Å². The summed E-state index contributed by atoms with van der Waals surface area (Å²) in [6.07, 6.45) is 0. The van der Waals surface area contributed by atoms with Crippen LogP contribution >= 0.6 is 0 Å². The third-order valence-corrected chi connectivity index (χ3v) is 4.20. The predicted octanol–water partition coefficient (Wildman–Crippen LogP) is 4.47. The fraction of sp³-hybridized carbons (Fsp3) is 0. The fourth-order valence-electron chi connectivity index (χ4n) is 2.89. The topological polar surface area (TPSA) is 104 Å². The number of oxazole rings is 2. The smallest absolute Gasteiger partial charge is 0.227 e. The Hall–Kier alpha value is -3.80. The Balaban J connectivity index is 1.52. The van der Waals surface area contributed by atoms with Gasteiger partial charge in [-0.25, -0.2) is 9.97 Å². The van der Waals surface area contributed by atoms with Crippen LogP contribution < -0.4 is 11.5 Å². The Morgan fingerprint density at radius 2 is 1.15 bits per heavy atom. The SMILES string of the molecule is Nc1ccc2oc(-c3ccc(-c4nc5ccc(N)cc5o4)cc3)nc2c1. The van der Waals surface area contributed by atoms with E-state index in [0.717, 1.165) is 22.2 Å². The van der Waals surface area contributed by atoms with Gasteiger partial charge in [0, 0.05) is 28.6 Å². The van der Waals surface area contributed by atoms with Gasteiger partial charge >= 0.3 is 0 Å². The highest BCUT2D eigenvalue weighted by molar-refractivity contribution is 5.81. The minimum absolute atomic E-state index is 0.544. The first-order valence-electron chi connectivity index (χ1n) is 8.09. The summed E-state index contributed by atoms with van der Waals surface area (Å²) < 4.78 is 11.6. The lowest BCUT2D eigenvalue weighted by Gasteiger charge is -1.97. The van der Waals surface area contributed by atoms with Gasteiger partial charge in [0.1, 0.15) is 11.0 Å². The van der Waals surface area contributed by atoms with Crippen LogP contribution in [0.2, 0.25) is 0 Å². The van der Waals surface area contributed by atoms with E-state index in [1.807, 2.05) is 36.4 Å². The molecule has 0 spiro atoms. The molecule has 0 saturated carbocycles. The lowest BCUT2D eigenvalue weighted by Crippen LogP contribution is -1.82. The summed E-state index contributed by atoms with van der Waals surface area (Å²) in [5, 5.41) is 0. The van der Waals surface area contributed by atoms with Crippen molar-refractivity contribution in [3.05, 3.63) is 60.7 Å². The number of nitrogens with zero attached hydrogens (tertiary/aromatic N) is 2. The van der Waals surface area contributed by atoms with Gasteiger partial charge in [-0.2, -0.15) is 0 Å². The van der Waals surface area contributed by atoms with E-state index >= 15 is 0 Å². The van der Waals surface area contributed by atoms with Gasteiger partial charge in [-0.15, -0.1) is 0 Å². The Bertz CT molecular complexity index is 1150. The maximum Gasteiger partial charge on any atom is 0.227 e. The monoisotopic (exact) mass is 342 g/mol. The van der Waals surface area contributed by atoms with Crippen LogP contribution in [0.5, 0.6) is 0 Å². The van der Waals surface area contributed by atoms with Crippen molar-refractivity contribution in [3.8, 4) is 22.9 Å². The van der Waals surface area contributed by atoms with Crippen LogP contribution in [-0.4, -0.2) is 9.97 Å². The number of nitrogens with two attached hydrogens (primary N) is 2. The molecule has 0 aliphatic heterocycles. The lowest BCUT2D eigenvalue weighted by molar-refractivity contribution is 0.617. The fourth-order valence-corrected chi connectivity index (χ4v) is 2.89. The lowest BCUT2D eigenvalue weighted by atomic mass is 10.1. The molecule has 0 amide bonds. The van der Waals surface area contributed by atoms with E-state index in [1.54, 1.807) is 24.3 Å². The van der Waals surface area contributed by atoms with Crippen LogP contribution in [-0.2, 0) is 0 Å². The maximum absolute atomic E-state index is 5.80. The molecule has 0 aliphatic carbocycles. The van der Waals surface area contributed by atoms with Gasteiger partial charge in [0.15, 0.2) is 11.2 Å². The summed E-state index contributed by atoms with van der Waals surface area (Å²) >= 11 is 0. The van der Waals surface area contributed by atoms with Gasteiger partial charge in [0.05, 0.1) is 0 Å². The first kappa shape index (κ1) is 14.5. The molecule has 0 radical (unpaired) electrons. The molecule has 0 aliphatic rings. The minimum Gasteiger partial charge on any atom is -0.436 e. The molecule has 5 rings (SSSR count). The Kier molecular flexibility index (Phi) is 2.99. The molecular weight excluding hydrogens is 328 g/mol. The molecule has 0 saturated heterocycles. The average Bonchev–Trinajstić information content (AvgIpc) is 3.25. The Morgan fingerprint density at radius 3 is 1.88 bits per heavy atom. The molecule has 0 bridgehead atoms. The number of benzene rings is 3. The van der Waals surface area contributed by atoms with Gasteiger partial charge in [0.2, 0.25) is 11.8 Å². The summed E-state index contributed by atoms with van der Waals surface area (Å²) in [6, 6.07) is 18.5. The zero-order valence-corrected chi connectivity index (χ0v) is 13.6. The molecule has 0 unspecified atom stereocenters. The number of fused-ring (bicyclic) bond motifs is 2. The van der Waals surface area contributed by atoms with Crippen LogP contribution in [0.4, 0.5) is 11.4 Å². The second-order valence-electron chi connectivity index (χ2n) is 6.07. The van der Waals surface area contributed by atoms with Crippen molar-refractivity contribution < 1.29 is 8.83 Å².